The summed E-state index contributed by atoms with van der Waals surface area (Å²) in [4.78, 5) is 30.2. The molecule has 218 valence electrons. The van der Waals surface area contributed by atoms with Gasteiger partial charge in [0.15, 0.2) is 0 Å². The number of likely N-dealkylation sites (N-methyl/N-ethyl adjacent to an activating group) is 1. The molecule has 0 spiro atoms. The van der Waals surface area contributed by atoms with Gasteiger partial charge in [0.25, 0.3) is 5.91 Å². The maximum Gasteiger partial charge on any atom is 0.573 e. The Labute approximate surface area is 254 Å². The quantitative estimate of drug-likeness (QED) is 0.112. The zero-order chi connectivity index (χ0) is 29.3. The highest BCUT2D eigenvalue weighted by molar-refractivity contribution is 14.2. The number of halogens is 5. The summed E-state index contributed by atoms with van der Waals surface area (Å²) < 4.78 is 47.6. The van der Waals surface area contributed by atoms with Gasteiger partial charge in [-0.15, -0.1) is 24.9 Å². The number of alkyl halides is 3. The molecule has 0 aromatic heterocycles. The van der Waals surface area contributed by atoms with Crippen molar-refractivity contribution < 1.29 is 32.0 Å². The highest BCUT2D eigenvalue weighted by Gasteiger charge is 2.38. The van der Waals surface area contributed by atoms with Gasteiger partial charge >= 0.3 is 6.36 Å². The van der Waals surface area contributed by atoms with Crippen LogP contribution in [0, 0.1) is 0 Å². The van der Waals surface area contributed by atoms with Crippen LogP contribution in [0.3, 0.4) is 0 Å². The Kier molecular flexibility index (Phi) is 12.5. The number of thioether (sulfide) groups is 1. The summed E-state index contributed by atoms with van der Waals surface area (Å²) in [6.45, 7) is 1.60. The van der Waals surface area contributed by atoms with Crippen LogP contribution < -0.4 is 10.1 Å². The predicted octanol–water partition coefficient (Wildman–Crippen LogP) is 5.93. The average Bonchev–Trinajstić information content (AvgIpc) is 3.27. The summed E-state index contributed by atoms with van der Waals surface area (Å²) in [7, 11) is 3.23. The Hall–Kier alpha value is -1.93. The third-order valence-corrected chi connectivity index (χ3v) is 8.40. The molecule has 0 bridgehead atoms. The summed E-state index contributed by atoms with van der Waals surface area (Å²) in [5.74, 6) is 0.0310. The highest BCUT2D eigenvalue weighted by Crippen LogP contribution is 2.34. The van der Waals surface area contributed by atoms with Crippen molar-refractivity contribution in [3.8, 4) is 5.75 Å². The van der Waals surface area contributed by atoms with Crippen LogP contribution in [0.2, 0.25) is 5.02 Å². The van der Waals surface area contributed by atoms with E-state index >= 15 is 0 Å². The van der Waals surface area contributed by atoms with E-state index in [4.69, 9.17) is 16.1 Å². The van der Waals surface area contributed by atoms with E-state index in [-0.39, 0.29) is 11.7 Å². The van der Waals surface area contributed by atoms with Gasteiger partial charge in [-0.05, 0) is 63.9 Å². The van der Waals surface area contributed by atoms with Gasteiger partial charge < -0.3 is 29.3 Å². The lowest BCUT2D eigenvalue weighted by Gasteiger charge is -2.30. The molecule has 0 radical (unpaired) electrons. The summed E-state index contributed by atoms with van der Waals surface area (Å²) in [5, 5.41) is 3.83. The standard InChI is InChI=1S/C25H28ClF3IN4O4PS/c1-32(11-4-12-37-39-30)23(36)21-22(33(2)16-35)31-24(34(21)14-17-7-9-19(26)10-8-17)40-15-18-5-3-6-20(13-18)38-25(27,28)29/h3,5-10,13,16,24,31,39H,4,11-12,14-15H2,1-2H3. The topological polar surface area (TPSA) is 74.4 Å². The van der Waals surface area contributed by atoms with Crippen molar-refractivity contribution in [2.45, 2.75) is 30.6 Å². The fourth-order valence-corrected chi connectivity index (χ4v) is 5.94. The van der Waals surface area contributed by atoms with Gasteiger partial charge in [0.05, 0.1) is 13.1 Å². The minimum Gasteiger partial charge on any atom is -0.406 e. The number of carbonyl (C=O) groups is 2. The second kappa shape index (κ2) is 15.3. The zero-order valence-electron chi connectivity index (χ0n) is 21.6. The van der Waals surface area contributed by atoms with Crippen molar-refractivity contribution in [3.63, 3.8) is 0 Å². The van der Waals surface area contributed by atoms with Gasteiger partial charge in [0, 0.05) is 38.0 Å². The molecule has 2 aromatic carbocycles. The lowest BCUT2D eigenvalue weighted by atomic mass is 10.2. The van der Waals surface area contributed by atoms with Crippen LogP contribution in [0.15, 0.2) is 60.0 Å². The van der Waals surface area contributed by atoms with E-state index in [9.17, 15) is 22.8 Å². The summed E-state index contributed by atoms with van der Waals surface area (Å²) in [6, 6.07) is 12.9. The molecular formula is C25H28ClF3IN4O4PS. The molecule has 40 heavy (non-hydrogen) atoms. The van der Waals surface area contributed by atoms with Crippen LogP contribution in [-0.2, 0) is 26.4 Å². The maximum absolute atomic E-state index is 13.7. The van der Waals surface area contributed by atoms with Crippen molar-refractivity contribution in [3.05, 3.63) is 76.2 Å². The Morgan fingerprint density at radius 2 is 1.95 bits per heavy atom. The van der Waals surface area contributed by atoms with E-state index in [1.165, 1.54) is 34.9 Å². The molecule has 2 unspecified atom stereocenters. The minimum atomic E-state index is -4.80. The van der Waals surface area contributed by atoms with Crippen molar-refractivity contribution in [2.24, 2.45) is 0 Å². The number of hydrogen-bond donors (Lipinski definition) is 1. The second-order valence-corrected chi connectivity index (χ2v) is 11.9. The number of nitrogens with one attached hydrogen (secondary N) is 1. The number of ether oxygens (including phenoxy) is 1. The summed E-state index contributed by atoms with van der Waals surface area (Å²) in [6.07, 6.45) is -3.55. The number of carbonyl (C=O) groups excluding carboxylic acids is 2. The van der Waals surface area contributed by atoms with Gasteiger partial charge in [-0.3, -0.25) is 9.59 Å². The van der Waals surface area contributed by atoms with E-state index in [0.717, 1.165) is 5.56 Å². The third-order valence-electron chi connectivity index (χ3n) is 5.72. The van der Waals surface area contributed by atoms with Crippen LogP contribution in [0.5, 0.6) is 5.75 Å². The van der Waals surface area contributed by atoms with Crippen molar-refractivity contribution in [2.75, 3.05) is 27.2 Å². The Morgan fingerprint density at radius 1 is 1.23 bits per heavy atom. The van der Waals surface area contributed by atoms with Crippen molar-refractivity contribution in [1.82, 2.24) is 20.0 Å². The van der Waals surface area contributed by atoms with E-state index in [2.05, 4.69) is 32.1 Å². The van der Waals surface area contributed by atoms with E-state index < -0.39 is 11.9 Å². The van der Waals surface area contributed by atoms with Crippen LogP contribution >= 0.6 is 51.9 Å². The average molecular weight is 731 g/mol. The van der Waals surface area contributed by atoms with Crippen molar-refractivity contribution in [1.29, 1.82) is 0 Å². The van der Waals surface area contributed by atoms with Crippen molar-refractivity contribution >= 4 is 64.2 Å². The molecule has 2 atom stereocenters. The number of nitrogens with zero attached hydrogens (tertiary/aromatic N) is 3. The summed E-state index contributed by atoms with van der Waals surface area (Å²) in [5.41, 5.74) is 1.25. The lowest BCUT2D eigenvalue weighted by Crippen LogP contribution is -2.39. The third kappa shape index (κ3) is 9.57. The van der Waals surface area contributed by atoms with Crippen LogP contribution in [0.25, 0.3) is 0 Å². The number of hydrogen-bond acceptors (Lipinski definition) is 7. The molecule has 0 saturated heterocycles. The molecule has 15 heteroatoms. The highest BCUT2D eigenvalue weighted by atomic mass is 127. The normalized spacial score (nSPS) is 15.5. The van der Waals surface area contributed by atoms with E-state index in [0.29, 0.717) is 66.8 Å². The fraction of sp³-hybridized carbons (Fsp3) is 0.360. The summed E-state index contributed by atoms with van der Waals surface area (Å²) >= 11 is 9.56. The monoisotopic (exact) mass is 730 g/mol. The van der Waals surface area contributed by atoms with Gasteiger partial charge in [-0.25, -0.2) is 0 Å². The first-order valence-corrected chi connectivity index (χ1v) is 17.4. The molecule has 1 aliphatic heterocycles. The Bertz CT molecular complexity index is 1200. The van der Waals surface area contributed by atoms with Crippen LogP contribution in [-0.4, -0.2) is 66.1 Å². The largest absolute Gasteiger partial charge is 0.573 e. The molecule has 3 rings (SSSR count). The smallest absolute Gasteiger partial charge is 0.406 e. The molecule has 0 fully saturated rings. The molecular weight excluding hydrogens is 703 g/mol. The first-order chi connectivity index (χ1) is 19.0. The predicted molar refractivity (Wildman–Crippen MR) is 160 cm³/mol. The maximum atomic E-state index is 13.7. The lowest BCUT2D eigenvalue weighted by molar-refractivity contribution is -0.274. The van der Waals surface area contributed by atoms with Crippen LogP contribution in [0.1, 0.15) is 17.5 Å². The Morgan fingerprint density at radius 3 is 2.60 bits per heavy atom. The first-order valence-electron chi connectivity index (χ1n) is 11.9. The zero-order valence-corrected chi connectivity index (χ0v) is 26.3. The van der Waals surface area contributed by atoms with Gasteiger partial charge in [0.1, 0.15) is 22.8 Å². The second-order valence-electron chi connectivity index (χ2n) is 8.68. The van der Waals surface area contributed by atoms with Gasteiger partial charge in [-0.1, -0.05) is 35.9 Å². The molecule has 0 saturated carbocycles. The van der Waals surface area contributed by atoms with Gasteiger partial charge in [0.2, 0.25) is 6.41 Å². The number of amides is 2. The van der Waals surface area contributed by atoms with Crippen LogP contribution in [0.4, 0.5) is 13.2 Å². The molecule has 1 heterocycles. The minimum absolute atomic E-state index is 0.286. The molecule has 2 amide bonds. The van der Waals surface area contributed by atoms with Gasteiger partial charge in [-0.2, -0.15) is 0 Å². The number of benzene rings is 2. The SMILES string of the molecule is CN(C=O)C1=C(C(=O)N(C)CCCOPI)N(Cc2ccc(Cl)cc2)C(SCc2cccc(OC(F)(F)F)c2)N1. The molecule has 0 aliphatic carbocycles. The molecule has 1 aliphatic rings. The van der Waals surface area contributed by atoms with E-state index in [1.807, 2.05) is 17.0 Å². The first kappa shape index (κ1) is 32.6. The van der Waals surface area contributed by atoms with E-state index in [1.54, 1.807) is 37.2 Å². The molecule has 1 N–H and O–H groups in total. The number of rotatable bonds is 14. The Balaban J connectivity index is 1.88. The fourth-order valence-electron chi connectivity index (χ4n) is 3.84. The molecule has 2 aromatic rings. The molecule has 8 nitrogen and oxygen atoms in total.